The molecule has 0 aliphatic heterocycles. The van der Waals surface area contributed by atoms with Crippen LogP contribution in [0.15, 0.2) is 53.4 Å². The van der Waals surface area contributed by atoms with Crippen LogP contribution in [0.4, 0.5) is 11.4 Å². The molecule has 3 aromatic carbocycles. The number of amides is 2. The molecule has 0 aliphatic rings. The predicted molar refractivity (Wildman–Crippen MR) is 148 cm³/mol. The molecule has 0 fully saturated rings. The number of nitrogens with one attached hydrogen (secondary N) is 2. The maximum absolute atomic E-state index is 13.0. The molecule has 0 aliphatic carbocycles. The first-order chi connectivity index (χ1) is 17.4. The van der Waals surface area contributed by atoms with Gasteiger partial charge in [0.25, 0.3) is 5.91 Å². The molecular weight excluding hydrogens is 582 g/mol. The van der Waals surface area contributed by atoms with Crippen molar-refractivity contribution in [3.05, 3.63) is 85.3 Å². The Bertz CT molecular complexity index is 1410. The van der Waals surface area contributed by atoms with E-state index in [-0.39, 0.29) is 26.8 Å². The number of halogens is 4. The van der Waals surface area contributed by atoms with Crippen LogP contribution < -0.4 is 10.6 Å². The number of rotatable bonds is 8. The van der Waals surface area contributed by atoms with E-state index in [0.29, 0.717) is 21.8 Å². The van der Waals surface area contributed by atoms with E-state index in [4.69, 9.17) is 46.4 Å². The Balaban J connectivity index is 1.75. The van der Waals surface area contributed by atoms with Crippen LogP contribution in [0.1, 0.15) is 44.9 Å². The minimum absolute atomic E-state index is 0.0718. The number of carbonyl (C=O) groups excluding carboxylic acids is 3. The molecule has 1 unspecified atom stereocenters. The molecule has 0 saturated carbocycles. The highest BCUT2D eigenvalue weighted by Crippen LogP contribution is 2.42. The summed E-state index contributed by atoms with van der Waals surface area (Å²) in [6.07, 6.45) is 0. The van der Waals surface area contributed by atoms with Crippen LogP contribution in [0.3, 0.4) is 0 Å². The zero-order chi connectivity index (χ0) is 27.4. The minimum atomic E-state index is -1.50. The molecule has 0 radical (unpaired) electrons. The van der Waals surface area contributed by atoms with E-state index in [1.807, 2.05) is 0 Å². The molecule has 37 heavy (non-hydrogen) atoms. The third kappa shape index (κ3) is 6.77. The molecule has 0 aromatic heterocycles. The number of aromatic carboxylic acids is 1. The number of benzene rings is 3. The van der Waals surface area contributed by atoms with Gasteiger partial charge < -0.3 is 15.7 Å². The van der Waals surface area contributed by atoms with Gasteiger partial charge in [0.1, 0.15) is 0 Å². The van der Waals surface area contributed by atoms with Gasteiger partial charge in [0.15, 0.2) is 5.78 Å². The van der Waals surface area contributed by atoms with E-state index >= 15 is 0 Å². The van der Waals surface area contributed by atoms with Crippen molar-refractivity contribution < 1.29 is 24.3 Å². The van der Waals surface area contributed by atoms with Crippen LogP contribution in [0.25, 0.3) is 0 Å². The van der Waals surface area contributed by atoms with Crippen molar-refractivity contribution >= 4 is 93.1 Å². The van der Waals surface area contributed by atoms with Crippen LogP contribution in [0.2, 0.25) is 20.1 Å². The number of carboxylic acid groups (broad SMARTS) is 1. The first kappa shape index (κ1) is 28.8. The molecule has 1 atom stereocenters. The highest BCUT2D eigenvalue weighted by molar-refractivity contribution is 8.00. The second-order valence-corrected chi connectivity index (χ2v) is 10.6. The molecule has 2 amide bonds. The molecule has 0 bridgehead atoms. The van der Waals surface area contributed by atoms with Crippen LogP contribution in [0, 0.1) is 0 Å². The Morgan fingerprint density at radius 1 is 0.811 bits per heavy atom. The van der Waals surface area contributed by atoms with Gasteiger partial charge in [-0.1, -0.05) is 52.5 Å². The summed E-state index contributed by atoms with van der Waals surface area (Å²) in [7, 11) is 0. The lowest BCUT2D eigenvalue weighted by atomic mass is 10.1. The quantitative estimate of drug-likeness (QED) is 0.106. The topological polar surface area (TPSA) is 113 Å². The van der Waals surface area contributed by atoms with E-state index in [1.165, 1.54) is 18.7 Å². The molecule has 0 heterocycles. The maximum atomic E-state index is 13.0. The fourth-order valence-corrected chi connectivity index (χ4v) is 5.12. The van der Waals surface area contributed by atoms with Crippen molar-refractivity contribution in [2.24, 2.45) is 0 Å². The normalized spacial score (nSPS) is 11.5. The fraction of sp³-hybridized carbons (Fsp3) is 0.120. The van der Waals surface area contributed by atoms with Gasteiger partial charge in [-0.15, -0.1) is 11.8 Å². The summed E-state index contributed by atoms with van der Waals surface area (Å²) in [6.45, 7) is 3.17. The summed E-state index contributed by atoms with van der Waals surface area (Å²) in [6, 6.07) is 13.2. The highest BCUT2D eigenvalue weighted by atomic mass is 35.5. The number of thioether (sulfide) groups is 1. The molecule has 12 heteroatoms. The SMILES string of the molecule is CC(=O)c1ccc(NC(=O)C(C)Sc2cccc(NC(=O)c3c(Cl)c(Cl)c(Cl)c(Cl)c3C(=O)O)c2)cc1. The largest absolute Gasteiger partial charge is 0.478 e. The van der Waals surface area contributed by atoms with Gasteiger partial charge in [0.05, 0.1) is 36.5 Å². The third-order valence-corrected chi connectivity index (χ3v) is 7.94. The highest BCUT2D eigenvalue weighted by Gasteiger charge is 2.29. The van der Waals surface area contributed by atoms with Gasteiger partial charge in [-0.2, -0.15) is 0 Å². The average Bonchev–Trinajstić information content (AvgIpc) is 2.84. The third-order valence-electron chi connectivity index (χ3n) is 5.04. The van der Waals surface area contributed by atoms with Crippen molar-refractivity contribution in [1.82, 2.24) is 0 Å². The lowest BCUT2D eigenvalue weighted by molar-refractivity contribution is -0.115. The number of hydrogen-bond donors (Lipinski definition) is 3. The van der Waals surface area contributed by atoms with Gasteiger partial charge in [0.2, 0.25) is 5.91 Å². The van der Waals surface area contributed by atoms with Crippen molar-refractivity contribution in [2.45, 2.75) is 24.0 Å². The number of Topliss-reactive ketones (excluding diaryl/α,β-unsaturated/α-hetero) is 1. The molecule has 3 rings (SSSR count). The predicted octanol–water partition coefficient (Wildman–Crippen LogP) is 7.57. The zero-order valence-electron chi connectivity index (χ0n) is 19.2. The van der Waals surface area contributed by atoms with Gasteiger partial charge in [-0.05, 0) is 56.3 Å². The number of hydrogen-bond acceptors (Lipinski definition) is 5. The summed E-state index contributed by atoms with van der Waals surface area (Å²) < 4.78 is 0. The molecule has 0 saturated heterocycles. The zero-order valence-corrected chi connectivity index (χ0v) is 23.0. The maximum Gasteiger partial charge on any atom is 0.338 e. The number of carboxylic acids is 1. The minimum Gasteiger partial charge on any atom is -0.478 e. The number of carbonyl (C=O) groups is 4. The second-order valence-electron chi connectivity index (χ2n) is 7.68. The molecule has 7 nitrogen and oxygen atoms in total. The summed E-state index contributed by atoms with van der Waals surface area (Å²) in [5, 5.41) is 13.1. The van der Waals surface area contributed by atoms with E-state index in [9.17, 15) is 24.3 Å². The summed E-state index contributed by atoms with van der Waals surface area (Å²) in [5.41, 5.74) is 0.395. The molecule has 192 valence electrons. The van der Waals surface area contributed by atoms with E-state index in [1.54, 1.807) is 55.5 Å². The van der Waals surface area contributed by atoms with Crippen molar-refractivity contribution in [2.75, 3.05) is 10.6 Å². The van der Waals surface area contributed by atoms with Crippen molar-refractivity contribution in [3.63, 3.8) is 0 Å². The first-order valence-electron chi connectivity index (χ1n) is 10.5. The average molecular weight is 600 g/mol. The van der Waals surface area contributed by atoms with Gasteiger partial charge >= 0.3 is 5.97 Å². The van der Waals surface area contributed by atoms with Crippen LogP contribution >= 0.6 is 58.2 Å². The van der Waals surface area contributed by atoms with Crippen LogP contribution in [-0.4, -0.2) is 33.9 Å². The Kier molecular flexibility index (Phi) is 9.50. The molecule has 3 N–H and O–H groups in total. The number of ketones is 1. The van der Waals surface area contributed by atoms with Gasteiger partial charge in [-0.25, -0.2) is 4.79 Å². The summed E-state index contributed by atoms with van der Waals surface area (Å²) in [5.74, 6) is -2.70. The van der Waals surface area contributed by atoms with Crippen molar-refractivity contribution in [3.8, 4) is 0 Å². The molecule has 0 spiro atoms. The van der Waals surface area contributed by atoms with Gasteiger partial charge in [0, 0.05) is 21.8 Å². The number of anilines is 2. The molecular formula is C25H18Cl4N2O5S. The Morgan fingerprint density at radius 2 is 1.41 bits per heavy atom. The first-order valence-corrected chi connectivity index (χ1v) is 12.9. The lowest BCUT2D eigenvalue weighted by Crippen LogP contribution is -2.22. The Hall–Kier alpha value is -2.75. The van der Waals surface area contributed by atoms with Crippen molar-refractivity contribution in [1.29, 1.82) is 0 Å². The van der Waals surface area contributed by atoms with Crippen LogP contribution in [0.5, 0.6) is 0 Å². The fourth-order valence-electron chi connectivity index (χ4n) is 3.18. The Morgan fingerprint density at radius 3 is 1.97 bits per heavy atom. The smallest absolute Gasteiger partial charge is 0.338 e. The second kappa shape index (κ2) is 12.2. The van der Waals surface area contributed by atoms with E-state index in [2.05, 4.69) is 10.6 Å². The van der Waals surface area contributed by atoms with Crippen LogP contribution in [-0.2, 0) is 4.79 Å². The summed E-state index contributed by atoms with van der Waals surface area (Å²) >= 11 is 25.4. The lowest BCUT2D eigenvalue weighted by Gasteiger charge is -2.15. The van der Waals surface area contributed by atoms with E-state index in [0.717, 1.165) is 0 Å². The molecule has 3 aromatic rings. The van der Waals surface area contributed by atoms with E-state index < -0.39 is 33.3 Å². The van der Waals surface area contributed by atoms with Gasteiger partial charge in [-0.3, -0.25) is 14.4 Å². The summed E-state index contributed by atoms with van der Waals surface area (Å²) in [4.78, 5) is 49.4. The standard InChI is InChI=1S/C25H18Cl4N2O5S/c1-11(32)13-6-8-14(9-7-13)30-23(33)12(2)37-16-5-3-4-15(10-16)31-24(34)17-18(25(35)36)20(27)22(29)21(28)19(17)26/h3-10,12H,1-2H3,(H,30,33)(H,31,34)(H,35,36). The monoisotopic (exact) mass is 598 g/mol. The Labute approximate surface area is 236 Å².